The molecule has 0 amide bonds. The molecule has 2 fully saturated rings. The van der Waals surface area contributed by atoms with Gasteiger partial charge < -0.3 is 19.1 Å². The smallest absolute Gasteiger partial charge is 0.335 e. The van der Waals surface area contributed by atoms with E-state index in [9.17, 15) is 9.90 Å². The topological polar surface area (TPSA) is 80.1 Å². The van der Waals surface area contributed by atoms with Crippen molar-refractivity contribution in [1.29, 1.82) is 0 Å². The van der Waals surface area contributed by atoms with Crippen LogP contribution in [-0.2, 0) is 24.4 Å². The molecule has 1 N–H and O–H groups in total. The van der Waals surface area contributed by atoms with Gasteiger partial charge in [0.2, 0.25) is 0 Å². The lowest BCUT2D eigenvalue weighted by molar-refractivity contribution is 0.0327. The molecule has 7 rings (SSSR count). The lowest BCUT2D eigenvalue weighted by atomic mass is 9.80. The van der Waals surface area contributed by atoms with Crippen molar-refractivity contribution in [2.45, 2.75) is 57.5 Å². The highest BCUT2D eigenvalue weighted by molar-refractivity contribution is 5.98. The van der Waals surface area contributed by atoms with Gasteiger partial charge in [0.05, 0.1) is 30.2 Å². The number of hydrogen-bond donors (Lipinski definition) is 1. The van der Waals surface area contributed by atoms with E-state index in [1.54, 1.807) is 18.3 Å². The van der Waals surface area contributed by atoms with Gasteiger partial charge >= 0.3 is 5.97 Å². The van der Waals surface area contributed by atoms with E-state index in [0.717, 1.165) is 116 Å². The number of pyridine rings is 1. The van der Waals surface area contributed by atoms with Gasteiger partial charge in [-0.1, -0.05) is 25.0 Å². The molecular formula is C36H41FN4O4. The molecule has 4 heterocycles. The summed E-state index contributed by atoms with van der Waals surface area (Å²) in [5, 5.41) is 10.9. The standard InChI is InChI=1S/C36H41FN4O4/c37-32-7-2-1-6-30(32)34-31-10-8-25(36(42)43)22-33(31)41-16-15-40(14-13-39-17-19-44-20-18-39)23-26-21-28(9-11-29(26)35(34)41)45-24-27-5-3-4-12-38-27/h3-5,8-12,21-22,30,32H,1-2,6-7,13-20,23-24H2,(H,42,43)/t30-,32-/m1/s1. The Bertz CT molecular complexity index is 1650. The van der Waals surface area contributed by atoms with Gasteiger partial charge in [-0.2, -0.15) is 0 Å². The molecule has 2 aromatic carbocycles. The first-order valence-electron chi connectivity index (χ1n) is 16.3. The maximum absolute atomic E-state index is 15.8. The number of carbonyl (C=O) groups is 1. The van der Waals surface area contributed by atoms with Crippen LogP contribution in [0.5, 0.6) is 5.75 Å². The maximum atomic E-state index is 15.8. The van der Waals surface area contributed by atoms with Crippen LogP contribution in [0.1, 0.15) is 58.8 Å². The number of aromatic carboxylic acids is 1. The molecule has 2 aromatic heterocycles. The van der Waals surface area contributed by atoms with Gasteiger partial charge in [-0.05, 0) is 66.4 Å². The van der Waals surface area contributed by atoms with Crippen molar-refractivity contribution >= 4 is 16.9 Å². The predicted molar refractivity (Wildman–Crippen MR) is 172 cm³/mol. The van der Waals surface area contributed by atoms with Gasteiger partial charge in [-0.3, -0.25) is 14.8 Å². The van der Waals surface area contributed by atoms with Gasteiger partial charge in [0, 0.05) is 74.4 Å². The third-order valence-electron chi connectivity index (χ3n) is 9.72. The van der Waals surface area contributed by atoms with Crippen molar-refractivity contribution in [3.63, 3.8) is 0 Å². The number of carboxylic acids is 1. The molecule has 0 unspecified atom stereocenters. The van der Waals surface area contributed by atoms with E-state index in [0.29, 0.717) is 19.6 Å². The Hall–Kier alpha value is -3.79. The lowest BCUT2D eigenvalue weighted by Crippen LogP contribution is -2.42. The molecule has 1 saturated carbocycles. The van der Waals surface area contributed by atoms with E-state index in [1.165, 1.54) is 0 Å². The second-order valence-corrected chi connectivity index (χ2v) is 12.5. The maximum Gasteiger partial charge on any atom is 0.335 e. The van der Waals surface area contributed by atoms with Crippen LogP contribution >= 0.6 is 0 Å². The summed E-state index contributed by atoms with van der Waals surface area (Å²) in [6, 6.07) is 17.4. The Morgan fingerprint density at radius 2 is 1.82 bits per heavy atom. The summed E-state index contributed by atoms with van der Waals surface area (Å²) in [7, 11) is 0. The first-order valence-corrected chi connectivity index (χ1v) is 16.3. The molecule has 4 aromatic rings. The number of halogens is 1. The Morgan fingerprint density at radius 1 is 0.978 bits per heavy atom. The van der Waals surface area contributed by atoms with Crippen LogP contribution in [0.15, 0.2) is 60.8 Å². The van der Waals surface area contributed by atoms with Crippen LogP contribution in [0, 0.1) is 0 Å². The number of benzene rings is 2. The first-order chi connectivity index (χ1) is 22.0. The van der Waals surface area contributed by atoms with Gasteiger partial charge in [0.15, 0.2) is 0 Å². The van der Waals surface area contributed by atoms with E-state index >= 15 is 4.39 Å². The third-order valence-corrected chi connectivity index (χ3v) is 9.72. The number of hydrogen-bond acceptors (Lipinski definition) is 6. The number of rotatable bonds is 8. The van der Waals surface area contributed by atoms with Gasteiger partial charge in [-0.15, -0.1) is 0 Å². The van der Waals surface area contributed by atoms with Crippen LogP contribution < -0.4 is 4.74 Å². The van der Waals surface area contributed by atoms with Crippen molar-refractivity contribution in [2.24, 2.45) is 0 Å². The molecule has 1 aliphatic carbocycles. The molecular weight excluding hydrogens is 571 g/mol. The molecule has 0 spiro atoms. The Morgan fingerprint density at radius 3 is 2.62 bits per heavy atom. The molecule has 45 heavy (non-hydrogen) atoms. The summed E-state index contributed by atoms with van der Waals surface area (Å²) in [5.74, 6) is -0.410. The fourth-order valence-corrected chi connectivity index (χ4v) is 7.34. The zero-order chi connectivity index (χ0) is 30.8. The number of carboxylic acid groups (broad SMARTS) is 1. The minimum absolute atomic E-state index is 0.224. The lowest BCUT2D eigenvalue weighted by Gasteiger charge is -2.33. The van der Waals surface area contributed by atoms with Crippen molar-refractivity contribution < 1.29 is 23.8 Å². The fourth-order valence-electron chi connectivity index (χ4n) is 7.34. The number of morpholine rings is 1. The van der Waals surface area contributed by atoms with Crippen LogP contribution in [0.25, 0.3) is 22.2 Å². The van der Waals surface area contributed by atoms with Crippen LogP contribution in [0.4, 0.5) is 4.39 Å². The number of aromatic nitrogens is 2. The second kappa shape index (κ2) is 13.3. The minimum Gasteiger partial charge on any atom is -0.487 e. The fraction of sp³-hybridized carbons (Fsp3) is 0.444. The summed E-state index contributed by atoms with van der Waals surface area (Å²) >= 11 is 0. The van der Waals surface area contributed by atoms with E-state index in [-0.39, 0.29) is 11.5 Å². The van der Waals surface area contributed by atoms with Crippen molar-refractivity contribution in [3.05, 3.63) is 83.2 Å². The normalized spacial score (nSPS) is 21.1. The largest absolute Gasteiger partial charge is 0.487 e. The molecule has 0 bridgehead atoms. The first kappa shape index (κ1) is 29.9. The molecule has 2 atom stereocenters. The van der Waals surface area contributed by atoms with Crippen molar-refractivity contribution in [2.75, 3.05) is 45.9 Å². The average Bonchev–Trinajstić information content (AvgIpc) is 3.37. The molecule has 1 saturated heterocycles. The summed E-state index contributed by atoms with van der Waals surface area (Å²) in [5.41, 5.74) is 6.23. The zero-order valence-electron chi connectivity index (χ0n) is 25.7. The Labute approximate surface area is 263 Å². The average molecular weight is 613 g/mol. The zero-order valence-corrected chi connectivity index (χ0v) is 25.7. The van der Waals surface area contributed by atoms with Crippen LogP contribution in [-0.4, -0.2) is 82.5 Å². The molecule has 0 radical (unpaired) electrons. The van der Waals surface area contributed by atoms with E-state index in [2.05, 4.69) is 31.5 Å². The highest BCUT2D eigenvalue weighted by Gasteiger charge is 2.34. The number of alkyl halides is 1. The van der Waals surface area contributed by atoms with Crippen LogP contribution in [0.3, 0.4) is 0 Å². The highest BCUT2D eigenvalue weighted by atomic mass is 19.1. The monoisotopic (exact) mass is 612 g/mol. The second-order valence-electron chi connectivity index (χ2n) is 12.5. The minimum atomic E-state index is -0.955. The molecule has 3 aliphatic rings. The van der Waals surface area contributed by atoms with E-state index in [1.807, 2.05) is 30.3 Å². The Kier molecular flexibility index (Phi) is 8.83. The van der Waals surface area contributed by atoms with Crippen LogP contribution in [0.2, 0.25) is 0 Å². The van der Waals surface area contributed by atoms with Crippen molar-refractivity contribution in [1.82, 2.24) is 19.4 Å². The summed E-state index contributed by atoms with van der Waals surface area (Å²) in [6.45, 7) is 7.86. The summed E-state index contributed by atoms with van der Waals surface area (Å²) in [6.07, 6.45) is 4.10. The quantitative estimate of drug-likeness (QED) is 0.257. The molecule has 8 nitrogen and oxygen atoms in total. The number of fused-ring (bicyclic) bond motifs is 5. The Balaban J connectivity index is 1.33. The summed E-state index contributed by atoms with van der Waals surface area (Å²) in [4.78, 5) is 21.4. The van der Waals surface area contributed by atoms with Crippen molar-refractivity contribution in [3.8, 4) is 17.0 Å². The SMILES string of the molecule is O=C(O)c1ccc2c([C@@H]3CCCC[C@H]3F)c3n(c2c1)CCN(CCN1CCOCC1)Cc1cc(OCc2ccccn2)ccc1-3. The van der Waals surface area contributed by atoms with Gasteiger partial charge in [-0.25, -0.2) is 9.18 Å². The third kappa shape index (κ3) is 6.34. The van der Waals surface area contributed by atoms with E-state index < -0.39 is 12.1 Å². The van der Waals surface area contributed by atoms with E-state index in [4.69, 9.17) is 9.47 Å². The van der Waals surface area contributed by atoms with Gasteiger partial charge in [0.1, 0.15) is 18.5 Å². The predicted octanol–water partition coefficient (Wildman–Crippen LogP) is 6.12. The van der Waals surface area contributed by atoms with Gasteiger partial charge in [0.25, 0.3) is 0 Å². The number of ether oxygens (including phenoxy) is 2. The molecule has 9 heteroatoms. The number of nitrogens with zero attached hydrogens (tertiary/aromatic N) is 4. The molecule has 2 aliphatic heterocycles. The summed E-state index contributed by atoms with van der Waals surface area (Å²) < 4.78 is 29.9. The molecule has 236 valence electrons. The highest BCUT2D eigenvalue weighted by Crippen LogP contribution is 2.47.